The molecule has 1 aromatic carbocycles. The molecule has 128 valence electrons. The van der Waals surface area contributed by atoms with Crippen LogP contribution in [0.1, 0.15) is 43.8 Å². The molecule has 0 radical (unpaired) electrons. The van der Waals surface area contributed by atoms with Crippen LogP contribution < -0.4 is 4.90 Å². The molecule has 0 saturated carbocycles. The molecule has 0 bridgehead atoms. The van der Waals surface area contributed by atoms with Crippen molar-refractivity contribution < 1.29 is 9.13 Å². The molecule has 24 heavy (non-hydrogen) atoms. The van der Waals surface area contributed by atoms with Crippen LogP contribution in [0.25, 0.3) is 0 Å². The van der Waals surface area contributed by atoms with E-state index in [0.717, 1.165) is 29.8 Å². The zero-order chi connectivity index (χ0) is 17.1. The van der Waals surface area contributed by atoms with Crippen LogP contribution in [0.5, 0.6) is 0 Å². The minimum absolute atomic E-state index is 0.0355. The van der Waals surface area contributed by atoms with Crippen LogP contribution in [0.15, 0.2) is 24.3 Å². The van der Waals surface area contributed by atoms with Gasteiger partial charge in [0.2, 0.25) is 5.95 Å². The van der Waals surface area contributed by atoms with Gasteiger partial charge in [-0.25, -0.2) is 9.37 Å². The lowest BCUT2D eigenvalue weighted by Gasteiger charge is -2.37. The van der Waals surface area contributed by atoms with E-state index in [2.05, 4.69) is 28.9 Å². The highest BCUT2D eigenvalue weighted by atomic mass is 19.1. The molecule has 1 fully saturated rings. The van der Waals surface area contributed by atoms with Crippen LogP contribution in [0.3, 0.4) is 0 Å². The molecule has 1 aromatic heterocycles. The average Bonchev–Trinajstić information content (AvgIpc) is 2.61. The van der Waals surface area contributed by atoms with Crippen molar-refractivity contribution in [1.29, 1.82) is 0 Å². The zero-order valence-corrected chi connectivity index (χ0v) is 14.4. The van der Waals surface area contributed by atoms with Crippen molar-refractivity contribution in [3.05, 3.63) is 47.0 Å². The van der Waals surface area contributed by atoms with Gasteiger partial charge in [-0.15, -0.1) is 5.10 Å². The van der Waals surface area contributed by atoms with Crippen LogP contribution >= 0.6 is 0 Å². The molecule has 2 unspecified atom stereocenters. The summed E-state index contributed by atoms with van der Waals surface area (Å²) in [5.41, 5.74) is 2.92. The summed E-state index contributed by atoms with van der Waals surface area (Å²) in [6, 6.07) is 6.47. The molecule has 2 heterocycles. The predicted octanol–water partition coefficient (Wildman–Crippen LogP) is 3.10. The average molecular weight is 330 g/mol. The first kappa shape index (κ1) is 16.8. The Morgan fingerprint density at radius 3 is 2.46 bits per heavy atom. The van der Waals surface area contributed by atoms with Crippen molar-refractivity contribution in [2.24, 2.45) is 0 Å². The maximum absolute atomic E-state index is 13.1. The van der Waals surface area contributed by atoms with Crippen LogP contribution in [0.4, 0.5) is 10.3 Å². The third-order valence-corrected chi connectivity index (χ3v) is 4.28. The number of hydrogen-bond donors (Lipinski definition) is 0. The first-order valence-electron chi connectivity index (χ1n) is 8.49. The summed E-state index contributed by atoms with van der Waals surface area (Å²) in [6.07, 6.45) is 1.58. The summed E-state index contributed by atoms with van der Waals surface area (Å²) in [5.74, 6) is 0.404. The number of rotatable bonds is 4. The Kier molecular flexibility index (Phi) is 5.04. The fraction of sp³-hybridized carbons (Fsp3) is 0.500. The highest BCUT2D eigenvalue weighted by Crippen LogP contribution is 2.27. The maximum atomic E-state index is 13.1. The van der Waals surface area contributed by atoms with Gasteiger partial charge in [0.1, 0.15) is 11.9 Å². The Morgan fingerprint density at radius 1 is 1.08 bits per heavy atom. The number of aromatic nitrogens is 3. The second-order valence-corrected chi connectivity index (χ2v) is 6.10. The molecule has 2 aromatic rings. The lowest BCUT2D eigenvalue weighted by atomic mass is 10.1. The largest absolute Gasteiger partial charge is 0.367 e. The first-order chi connectivity index (χ1) is 11.6. The van der Waals surface area contributed by atoms with E-state index in [0.29, 0.717) is 19.0 Å². The summed E-state index contributed by atoms with van der Waals surface area (Å²) >= 11 is 0. The van der Waals surface area contributed by atoms with Crippen molar-refractivity contribution in [2.45, 2.75) is 45.8 Å². The Bertz CT molecular complexity index is 692. The van der Waals surface area contributed by atoms with E-state index in [1.807, 2.05) is 6.92 Å². The SMILES string of the molecule is CCc1nnc(N2CC(C)OC(c3ccc(F)cc3)C2)nc1CC. The minimum Gasteiger partial charge on any atom is -0.367 e. The number of aryl methyl sites for hydroxylation is 2. The topological polar surface area (TPSA) is 51.1 Å². The molecule has 0 spiro atoms. The van der Waals surface area contributed by atoms with Crippen molar-refractivity contribution in [2.75, 3.05) is 18.0 Å². The summed E-state index contributed by atoms with van der Waals surface area (Å²) in [5, 5.41) is 8.64. The van der Waals surface area contributed by atoms with Gasteiger partial charge in [0.15, 0.2) is 0 Å². The van der Waals surface area contributed by atoms with Crippen molar-refractivity contribution >= 4 is 5.95 Å². The molecule has 1 aliphatic heterocycles. The number of anilines is 1. The van der Waals surface area contributed by atoms with Gasteiger partial charge >= 0.3 is 0 Å². The molecule has 0 aliphatic carbocycles. The van der Waals surface area contributed by atoms with Gasteiger partial charge in [-0.05, 0) is 37.5 Å². The number of morpholine rings is 1. The number of hydrogen-bond acceptors (Lipinski definition) is 5. The Balaban J connectivity index is 1.84. The first-order valence-corrected chi connectivity index (χ1v) is 8.49. The van der Waals surface area contributed by atoms with Crippen molar-refractivity contribution in [3.63, 3.8) is 0 Å². The minimum atomic E-state index is -0.241. The van der Waals surface area contributed by atoms with E-state index in [4.69, 9.17) is 9.72 Å². The van der Waals surface area contributed by atoms with Gasteiger partial charge in [0.25, 0.3) is 0 Å². The van der Waals surface area contributed by atoms with Crippen molar-refractivity contribution in [1.82, 2.24) is 15.2 Å². The summed E-state index contributed by atoms with van der Waals surface area (Å²) in [6.45, 7) is 7.51. The number of halogens is 1. The van der Waals surface area contributed by atoms with E-state index in [9.17, 15) is 4.39 Å². The fourth-order valence-corrected chi connectivity index (χ4v) is 3.04. The van der Waals surface area contributed by atoms with Crippen LogP contribution in [-0.4, -0.2) is 34.4 Å². The predicted molar refractivity (Wildman–Crippen MR) is 90.5 cm³/mol. The molecule has 1 saturated heterocycles. The lowest BCUT2D eigenvalue weighted by Crippen LogP contribution is -2.44. The lowest BCUT2D eigenvalue weighted by molar-refractivity contribution is -0.0179. The third-order valence-electron chi connectivity index (χ3n) is 4.28. The third kappa shape index (κ3) is 3.53. The Hall–Kier alpha value is -2.08. The van der Waals surface area contributed by atoms with E-state index >= 15 is 0 Å². The zero-order valence-electron chi connectivity index (χ0n) is 14.4. The number of benzene rings is 1. The van der Waals surface area contributed by atoms with Gasteiger partial charge in [-0.3, -0.25) is 0 Å². The molecule has 2 atom stereocenters. The molecule has 0 N–H and O–H groups in total. The molecule has 0 amide bonds. The molecule has 5 nitrogen and oxygen atoms in total. The van der Waals surface area contributed by atoms with Gasteiger partial charge in [-0.2, -0.15) is 5.10 Å². The molecular formula is C18H23FN4O. The summed E-state index contributed by atoms with van der Waals surface area (Å²) < 4.78 is 19.2. The monoisotopic (exact) mass is 330 g/mol. The maximum Gasteiger partial charge on any atom is 0.245 e. The van der Waals surface area contributed by atoms with Crippen LogP contribution in [0.2, 0.25) is 0 Å². The van der Waals surface area contributed by atoms with Gasteiger partial charge < -0.3 is 9.64 Å². The highest BCUT2D eigenvalue weighted by molar-refractivity contribution is 5.33. The smallest absolute Gasteiger partial charge is 0.245 e. The van der Waals surface area contributed by atoms with E-state index in [1.54, 1.807) is 12.1 Å². The molecule has 6 heteroatoms. The normalized spacial score (nSPS) is 21.1. The van der Waals surface area contributed by atoms with E-state index < -0.39 is 0 Å². The number of nitrogens with zero attached hydrogens (tertiary/aromatic N) is 4. The number of ether oxygens (including phenoxy) is 1. The van der Waals surface area contributed by atoms with Crippen LogP contribution in [-0.2, 0) is 17.6 Å². The highest BCUT2D eigenvalue weighted by Gasteiger charge is 2.28. The quantitative estimate of drug-likeness (QED) is 0.862. The Morgan fingerprint density at radius 2 is 1.79 bits per heavy atom. The van der Waals surface area contributed by atoms with E-state index in [1.165, 1.54) is 12.1 Å². The molecular weight excluding hydrogens is 307 g/mol. The van der Waals surface area contributed by atoms with Gasteiger partial charge in [0, 0.05) is 6.54 Å². The standard InChI is InChI=1S/C18H23FN4O/c1-4-15-16(5-2)21-22-18(20-15)23-10-12(3)24-17(11-23)13-6-8-14(19)9-7-13/h6-9,12,17H,4-5,10-11H2,1-3H3. The summed E-state index contributed by atoms with van der Waals surface area (Å²) in [7, 11) is 0. The van der Waals surface area contributed by atoms with Crippen LogP contribution in [0, 0.1) is 5.82 Å². The van der Waals surface area contributed by atoms with Crippen molar-refractivity contribution in [3.8, 4) is 0 Å². The van der Waals surface area contributed by atoms with Gasteiger partial charge in [0.05, 0.1) is 24.0 Å². The molecule has 3 rings (SSSR count). The van der Waals surface area contributed by atoms with E-state index in [-0.39, 0.29) is 18.0 Å². The molecule has 1 aliphatic rings. The fourth-order valence-electron chi connectivity index (χ4n) is 3.04. The van der Waals surface area contributed by atoms with Gasteiger partial charge in [-0.1, -0.05) is 26.0 Å². The summed E-state index contributed by atoms with van der Waals surface area (Å²) in [4.78, 5) is 6.80. The second kappa shape index (κ2) is 7.21. The Labute approximate surface area is 141 Å². The second-order valence-electron chi connectivity index (χ2n) is 6.10.